The van der Waals surface area contributed by atoms with E-state index in [0.29, 0.717) is 22.6 Å². The van der Waals surface area contributed by atoms with Crippen LogP contribution in [0.2, 0.25) is 0 Å². The van der Waals surface area contributed by atoms with Crippen molar-refractivity contribution in [3.8, 4) is 34.9 Å². The molecular weight excluding hydrogens is 384 g/mol. The Balaban J connectivity index is 1.85. The quantitative estimate of drug-likeness (QED) is 0.459. The summed E-state index contributed by atoms with van der Waals surface area (Å²) in [6, 6.07) is 17.8. The minimum absolute atomic E-state index is 0.0785. The Labute approximate surface area is 171 Å². The summed E-state index contributed by atoms with van der Waals surface area (Å²) in [5.74, 6) is 0.976. The molecule has 0 aliphatic carbocycles. The van der Waals surface area contributed by atoms with E-state index in [4.69, 9.17) is 14.7 Å². The topological polar surface area (TPSA) is 136 Å². The minimum atomic E-state index is -0.569. The molecule has 148 valence electrons. The molecule has 0 radical (unpaired) electrons. The van der Waals surface area contributed by atoms with Gasteiger partial charge in [0.05, 0.1) is 19.0 Å². The van der Waals surface area contributed by atoms with Gasteiger partial charge in [0.15, 0.2) is 18.1 Å². The molecule has 0 aliphatic rings. The largest absolute Gasteiger partial charge is 0.493 e. The maximum absolute atomic E-state index is 12.2. The summed E-state index contributed by atoms with van der Waals surface area (Å²) >= 11 is 0. The normalized spacial score (nSPS) is 10.2. The first-order valence-electron chi connectivity index (χ1n) is 8.73. The predicted molar refractivity (Wildman–Crippen MR) is 110 cm³/mol. The monoisotopic (exact) mass is 400 g/mol. The summed E-state index contributed by atoms with van der Waals surface area (Å²) in [6.45, 7) is -0.117. The molecule has 0 bridgehead atoms. The van der Waals surface area contributed by atoms with Gasteiger partial charge in [-0.15, -0.1) is 0 Å². The molecule has 0 saturated heterocycles. The third-order valence-corrected chi connectivity index (χ3v) is 3.94. The average Bonchev–Trinajstić information content (AvgIpc) is 2.78. The number of aromatic nitrogens is 2. The molecule has 0 unspecified atom stereocenters. The lowest BCUT2D eigenvalue weighted by molar-refractivity contribution is 0.329. The molecule has 0 fully saturated rings. The lowest BCUT2D eigenvalue weighted by Gasteiger charge is -2.09. The molecule has 0 saturated carbocycles. The van der Waals surface area contributed by atoms with E-state index in [2.05, 4.69) is 20.5 Å². The van der Waals surface area contributed by atoms with E-state index in [0.717, 1.165) is 0 Å². The first-order chi connectivity index (χ1) is 14.7. The second-order valence-corrected chi connectivity index (χ2v) is 5.84. The smallest absolute Gasteiger partial charge is 0.270 e. The van der Waals surface area contributed by atoms with Crippen LogP contribution in [0.3, 0.4) is 0 Å². The number of hydrazone groups is 1. The maximum atomic E-state index is 12.2. The maximum Gasteiger partial charge on any atom is 0.270 e. The second-order valence-electron chi connectivity index (χ2n) is 5.84. The fourth-order valence-corrected chi connectivity index (χ4v) is 2.60. The molecule has 2 N–H and O–H groups in total. The summed E-state index contributed by atoms with van der Waals surface area (Å²) in [5, 5.41) is 22.1. The number of H-pyrrole nitrogens is 1. The molecule has 3 rings (SSSR count). The van der Waals surface area contributed by atoms with Crippen LogP contribution in [0.5, 0.6) is 11.5 Å². The van der Waals surface area contributed by atoms with E-state index >= 15 is 0 Å². The fraction of sp³-hybridized carbons (Fsp3) is 0.0952. The van der Waals surface area contributed by atoms with Crippen LogP contribution in [0.25, 0.3) is 11.3 Å². The van der Waals surface area contributed by atoms with Crippen LogP contribution >= 0.6 is 0 Å². The van der Waals surface area contributed by atoms with Crippen LogP contribution in [0.15, 0.2) is 58.4 Å². The second kappa shape index (κ2) is 9.53. The summed E-state index contributed by atoms with van der Waals surface area (Å²) < 4.78 is 10.5. The van der Waals surface area contributed by atoms with Crippen LogP contribution in [-0.4, -0.2) is 29.9 Å². The van der Waals surface area contributed by atoms with Crippen molar-refractivity contribution in [2.24, 2.45) is 5.10 Å². The Hall–Kier alpha value is -4.63. The molecule has 0 atom stereocenters. The van der Waals surface area contributed by atoms with Crippen LogP contribution in [-0.2, 0) is 0 Å². The van der Waals surface area contributed by atoms with Crippen molar-refractivity contribution < 1.29 is 9.47 Å². The summed E-state index contributed by atoms with van der Waals surface area (Å²) in [7, 11) is 1.50. The van der Waals surface area contributed by atoms with E-state index in [1.54, 1.807) is 42.5 Å². The lowest BCUT2D eigenvalue weighted by atomic mass is 10.1. The van der Waals surface area contributed by atoms with Crippen LogP contribution in [0.4, 0.5) is 5.95 Å². The molecule has 2 aromatic carbocycles. The number of anilines is 1. The van der Waals surface area contributed by atoms with E-state index in [1.807, 2.05) is 18.2 Å². The minimum Gasteiger partial charge on any atom is -0.493 e. The van der Waals surface area contributed by atoms with Crippen molar-refractivity contribution in [1.29, 1.82) is 10.5 Å². The van der Waals surface area contributed by atoms with Crippen molar-refractivity contribution in [2.45, 2.75) is 0 Å². The predicted octanol–water partition coefficient (Wildman–Crippen LogP) is 2.67. The van der Waals surface area contributed by atoms with Crippen molar-refractivity contribution in [2.75, 3.05) is 19.1 Å². The highest BCUT2D eigenvalue weighted by Crippen LogP contribution is 2.27. The summed E-state index contributed by atoms with van der Waals surface area (Å²) in [6.07, 6.45) is 1.49. The van der Waals surface area contributed by atoms with E-state index in [1.165, 1.54) is 13.3 Å². The fourth-order valence-electron chi connectivity index (χ4n) is 2.60. The first kappa shape index (κ1) is 20.1. The van der Waals surface area contributed by atoms with Crippen molar-refractivity contribution in [1.82, 2.24) is 9.97 Å². The number of rotatable bonds is 7. The molecule has 9 heteroatoms. The van der Waals surface area contributed by atoms with Gasteiger partial charge >= 0.3 is 0 Å². The van der Waals surface area contributed by atoms with Gasteiger partial charge in [0.1, 0.15) is 17.7 Å². The Bertz CT molecular complexity index is 1210. The lowest BCUT2D eigenvalue weighted by Crippen LogP contribution is -2.16. The summed E-state index contributed by atoms with van der Waals surface area (Å²) in [5.41, 5.74) is 3.57. The number of hydrogen-bond donors (Lipinski definition) is 2. The highest BCUT2D eigenvalue weighted by Gasteiger charge is 2.12. The Morgan fingerprint density at radius 2 is 2.00 bits per heavy atom. The van der Waals surface area contributed by atoms with Gasteiger partial charge in [0, 0.05) is 5.56 Å². The zero-order valence-electron chi connectivity index (χ0n) is 15.9. The number of benzene rings is 2. The van der Waals surface area contributed by atoms with Crippen molar-refractivity contribution >= 4 is 12.2 Å². The highest BCUT2D eigenvalue weighted by atomic mass is 16.5. The SMILES string of the molecule is COc1ccc(C=NNc2nc(-c3ccccc3)c(C#N)c(=O)[nH]2)cc1OCC#N. The van der Waals surface area contributed by atoms with Gasteiger partial charge in [-0.25, -0.2) is 10.4 Å². The van der Waals surface area contributed by atoms with Crippen LogP contribution in [0, 0.1) is 22.7 Å². The molecule has 30 heavy (non-hydrogen) atoms. The molecule has 1 aromatic heterocycles. The Morgan fingerprint density at radius 3 is 2.70 bits per heavy atom. The zero-order chi connectivity index (χ0) is 21.3. The molecular formula is C21H16N6O3. The Morgan fingerprint density at radius 1 is 1.20 bits per heavy atom. The van der Waals surface area contributed by atoms with E-state index in [9.17, 15) is 10.1 Å². The molecule has 0 amide bonds. The van der Waals surface area contributed by atoms with Gasteiger partial charge in [0.25, 0.3) is 5.56 Å². The van der Waals surface area contributed by atoms with Gasteiger partial charge in [0.2, 0.25) is 5.95 Å². The Kier molecular flexibility index (Phi) is 6.39. The number of nitrogens with one attached hydrogen (secondary N) is 2. The van der Waals surface area contributed by atoms with Gasteiger partial charge < -0.3 is 9.47 Å². The van der Waals surface area contributed by atoms with Gasteiger partial charge in [-0.05, 0) is 23.8 Å². The third-order valence-electron chi connectivity index (χ3n) is 3.94. The van der Waals surface area contributed by atoms with E-state index in [-0.39, 0.29) is 23.8 Å². The number of nitriles is 2. The number of aromatic amines is 1. The molecule has 0 aliphatic heterocycles. The number of ether oxygens (including phenoxy) is 2. The van der Waals surface area contributed by atoms with Crippen molar-refractivity contribution in [3.63, 3.8) is 0 Å². The van der Waals surface area contributed by atoms with Crippen molar-refractivity contribution in [3.05, 3.63) is 70.0 Å². The number of methoxy groups -OCH3 is 1. The third kappa shape index (κ3) is 4.61. The van der Waals surface area contributed by atoms with Crippen LogP contribution < -0.4 is 20.5 Å². The van der Waals surface area contributed by atoms with Gasteiger partial charge in [-0.1, -0.05) is 30.3 Å². The standard InChI is InChI=1S/C21H16N6O3/c1-29-17-8-7-14(11-18(17)30-10-9-22)13-24-27-21-25-19(15-5-3-2-4-6-15)16(12-23)20(28)26-21/h2-8,11,13H,10H2,1H3,(H2,25,26,27,28). The van der Waals surface area contributed by atoms with Crippen LogP contribution in [0.1, 0.15) is 11.1 Å². The zero-order valence-corrected chi connectivity index (χ0v) is 15.9. The summed E-state index contributed by atoms with van der Waals surface area (Å²) in [4.78, 5) is 19.0. The average molecular weight is 400 g/mol. The number of hydrogen-bond acceptors (Lipinski definition) is 8. The number of nitrogens with zero attached hydrogens (tertiary/aromatic N) is 4. The van der Waals surface area contributed by atoms with Gasteiger partial charge in [-0.3, -0.25) is 9.78 Å². The molecule has 0 spiro atoms. The molecule has 3 aromatic rings. The van der Waals surface area contributed by atoms with E-state index < -0.39 is 5.56 Å². The first-order valence-corrected chi connectivity index (χ1v) is 8.73. The molecule has 9 nitrogen and oxygen atoms in total. The van der Waals surface area contributed by atoms with Gasteiger partial charge in [-0.2, -0.15) is 15.6 Å². The highest BCUT2D eigenvalue weighted by molar-refractivity contribution is 5.81. The molecule has 1 heterocycles.